The third-order valence-corrected chi connectivity index (χ3v) is 3.93. The lowest BCUT2D eigenvalue weighted by molar-refractivity contribution is -0.151. The number of nitrogens with zero attached hydrogens (tertiary/aromatic N) is 4. The molecule has 4 atom stereocenters. The number of ether oxygens (including phenoxy) is 1. The number of imidazole rings is 1. The van der Waals surface area contributed by atoms with Crippen molar-refractivity contribution in [2.45, 2.75) is 18.2 Å². The summed E-state index contributed by atoms with van der Waals surface area (Å²) in [5.41, 5.74) is 6.73. The number of aliphatic hydroxyl groups excluding tert-OH is 3. The van der Waals surface area contributed by atoms with Crippen molar-refractivity contribution >= 4 is 17.0 Å². The van der Waals surface area contributed by atoms with Gasteiger partial charge in [0.15, 0.2) is 11.5 Å². The molecule has 0 amide bonds. The van der Waals surface area contributed by atoms with E-state index in [9.17, 15) is 15.3 Å². The zero-order valence-electron chi connectivity index (χ0n) is 11.2. The maximum atomic E-state index is 10.2. The number of rotatable bonds is 3. The molecule has 0 bridgehead atoms. The molecule has 1 aliphatic rings. The van der Waals surface area contributed by atoms with Gasteiger partial charge < -0.3 is 30.4 Å². The molecule has 0 unspecified atom stereocenters. The van der Waals surface area contributed by atoms with Crippen LogP contribution in [0.1, 0.15) is 6.04 Å². The summed E-state index contributed by atoms with van der Waals surface area (Å²) in [7, 11) is 0. The fraction of sp³-hybridized carbons (Fsp3) is 0.583. The summed E-state index contributed by atoms with van der Waals surface area (Å²) in [6, 6.07) is -0.355. The number of hydrogen-bond acceptors (Lipinski definition) is 8. The Kier molecular flexibility index (Phi) is 3.72. The predicted molar refractivity (Wildman–Crippen MR) is 72.2 cm³/mol. The van der Waals surface area contributed by atoms with Crippen LogP contribution in [0.4, 0.5) is 5.82 Å². The molecule has 0 aromatic carbocycles. The summed E-state index contributed by atoms with van der Waals surface area (Å²) in [6.07, 6.45) is 1.20. The number of nitrogen functional groups attached to an aromatic ring is 1. The Morgan fingerprint density at radius 3 is 2.81 bits per heavy atom. The molecule has 0 spiro atoms. The van der Waals surface area contributed by atoms with Crippen LogP contribution in [0.2, 0.25) is 0 Å². The average Bonchev–Trinajstić information content (AvgIpc) is 2.92. The van der Waals surface area contributed by atoms with E-state index in [4.69, 9.17) is 10.5 Å². The van der Waals surface area contributed by atoms with E-state index in [1.165, 1.54) is 6.33 Å². The molecule has 2 aromatic rings. The molecular formula is C12H17N5O4. The van der Waals surface area contributed by atoms with E-state index >= 15 is 0 Å². The van der Waals surface area contributed by atoms with Crippen molar-refractivity contribution in [1.82, 2.24) is 19.5 Å². The highest BCUT2D eigenvalue weighted by Gasteiger charge is 2.40. The summed E-state index contributed by atoms with van der Waals surface area (Å²) in [5.74, 6) is -0.228. The molecule has 1 fully saturated rings. The van der Waals surface area contributed by atoms with E-state index in [2.05, 4.69) is 15.0 Å². The van der Waals surface area contributed by atoms with E-state index in [-0.39, 0.29) is 31.7 Å². The highest BCUT2D eigenvalue weighted by atomic mass is 16.5. The van der Waals surface area contributed by atoms with Crippen molar-refractivity contribution in [1.29, 1.82) is 0 Å². The van der Waals surface area contributed by atoms with Gasteiger partial charge in [-0.2, -0.15) is 0 Å². The van der Waals surface area contributed by atoms with Gasteiger partial charge in [-0.05, 0) is 0 Å². The van der Waals surface area contributed by atoms with Crippen molar-refractivity contribution in [3.8, 4) is 0 Å². The van der Waals surface area contributed by atoms with Crippen molar-refractivity contribution in [2.75, 3.05) is 25.6 Å². The van der Waals surface area contributed by atoms with Crippen LogP contribution in [0.25, 0.3) is 11.2 Å². The largest absolute Gasteiger partial charge is 0.396 e. The van der Waals surface area contributed by atoms with E-state index < -0.39 is 18.1 Å². The number of anilines is 1. The molecule has 0 radical (unpaired) electrons. The lowest BCUT2D eigenvalue weighted by Crippen LogP contribution is -2.49. The first-order valence-electron chi connectivity index (χ1n) is 6.61. The Balaban J connectivity index is 2.00. The van der Waals surface area contributed by atoms with Crippen molar-refractivity contribution in [3.63, 3.8) is 0 Å². The second-order valence-corrected chi connectivity index (χ2v) is 5.04. The fourth-order valence-corrected chi connectivity index (χ4v) is 2.74. The fourth-order valence-electron chi connectivity index (χ4n) is 2.74. The van der Waals surface area contributed by atoms with E-state index in [1.54, 1.807) is 10.9 Å². The van der Waals surface area contributed by atoms with Gasteiger partial charge in [0.1, 0.15) is 17.9 Å². The van der Waals surface area contributed by atoms with E-state index in [0.29, 0.717) is 11.2 Å². The number of hydrogen-bond donors (Lipinski definition) is 4. The summed E-state index contributed by atoms with van der Waals surface area (Å²) in [5, 5.41) is 28.9. The Morgan fingerprint density at radius 2 is 2.10 bits per heavy atom. The summed E-state index contributed by atoms with van der Waals surface area (Å²) in [4.78, 5) is 12.2. The maximum absolute atomic E-state index is 10.2. The standard InChI is InChI=1S/C12H17N5O4/c13-11-9-12(15-4-14-11)17(5-16-9)7-3-21-8(2-19)10(20)6(7)1-18/h4-8,10,18-20H,1-3H2,(H2,13,14,15)/t6-,7-,8-,10+/m1/s1. The van der Waals surface area contributed by atoms with Crippen LogP contribution in [0.3, 0.4) is 0 Å². The average molecular weight is 295 g/mol. The second-order valence-electron chi connectivity index (χ2n) is 5.04. The third kappa shape index (κ3) is 2.23. The maximum Gasteiger partial charge on any atom is 0.165 e. The second kappa shape index (κ2) is 5.53. The summed E-state index contributed by atoms with van der Waals surface area (Å²) >= 11 is 0. The van der Waals surface area contributed by atoms with Gasteiger partial charge in [0.05, 0.1) is 38.3 Å². The minimum Gasteiger partial charge on any atom is -0.396 e. The lowest BCUT2D eigenvalue weighted by atomic mass is 9.88. The summed E-state index contributed by atoms with van der Waals surface area (Å²) in [6.45, 7) is -0.320. The first-order valence-corrected chi connectivity index (χ1v) is 6.61. The monoisotopic (exact) mass is 295 g/mol. The Morgan fingerprint density at radius 1 is 1.29 bits per heavy atom. The van der Waals surface area contributed by atoms with Crippen LogP contribution in [-0.2, 0) is 4.74 Å². The molecule has 2 aromatic heterocycles. The van der Waals surface area contributed by atoms with Gasteiger partial charge in [-0.3, -0.25) is 0 Å². The van der Waals surface area contributed by atoms with Crippen molar-refractivity contribution in [3.05, 3.63) is 12.7 Å². The van der Waals surface area contributed by atoms with Crippen molar-refractivity contribution < 1.29 is 20.1 Å². The van der Waals surface area contributed by atoms with E-state index in [0.717, 1.165) is 0 Å². The van der Waals surface area contributed by atoms with Crippen LogP contribution in [0.5, 0.6) is 0 Å². The van der Waals surface area contributed by atoms with Gasteiger partial charge in [0, 0.05) is 5.92 Å². The molecule has 21 heavy (non-hydrogen) atoms. The van der Waals surface area contributed by atoms with Gasteiger partial charge in [0.25, 0.3) is 0 Å². The first-order chi connectivity index (χ1) is 10.2. The van der Waals surface area contributed by atoms with Crippen LogP contribution < -0.4 is 5.73 Å². The van der Waals surface area contributed by atoms with Gasteiger partial charge in [-0.1, -0.05) is 0 Å². The molecule has 3 rings (SSSR count). The molecule has 5 N–H and O–H groups in total. The molecule has 0 aliphatic carbocycles. The Hall–Kier alpha value is -1.81. The first kappa shape index (κ1) is 14.1. The highest BCUT2D eigenvalue weighted by molar-refractivity contribution is 5.81. The molecular weight excluding hydrogens is 278 g/mol. The predicted octanol–water partition coefficient (Wildman–Crippen LogP) is -1.69. The highest BCUT2D eigenvalue weighted by Crippen LogP contribution is 2.32. The van der Waals surface area contributed by atoms with Gasteiger partial charge in [-0.15, -0.1) is 0 Å². The minimum absolute atomic E-state index is 0.225. The number of nitrogens with two attached hydrogens (primary N) is 1. The lowest BCUT2D eigenvalue weighted by Gasteiger charge is -2.39. The van der Waals surface area contributed by atoms with Crippen LogP contribution in [-0.4, -0.2) is 66.9 Å². The zero-order valence-corrected chi connectivity index (χ0v) is 11.2. The molecule has 1 saturated heterocycles. The van der Waals surface area contributed by atoms with Gasteiger partial charge in [0.2, 0.25) is 0 Å². The van der Waals surface area contributed by atoms with Gasteiger partial charge >= 0.3 is 0 Å². The van der Waals surface area contributed by atoms with E-state index in [1.807, 2.05) is 0 Å². The van der Waals surface area contributed by atoms with Crippen LogP contribution >= 0.6 is 0 Å². The number of fused-ring (bicyclic) bond motifs is 1. The van der Waals surface area contributed by atoms with Crippen molar-refractivity contribution in [2.24, 2.45) is 5.92 Å². The molecule has 9 heteroatoms. The molecule has 0 saturated carbocycles. The number of aromatic nitrogens is 4. The smallest absolute Gasteiger partial charge is 0.165 e. The zero-order chi connectivity index (χ0) is 15.0. The Labute approximate surface area is 120 Å². The molecule has 1 aliphatic heterocycles. The molecule has 9 nitrogen and oxygen atoms in total. The molecule has 3 heterocycles. The number of aliphatic hydroxyl groups is 3. The quantitative estimate of drug-likeness (QED) is 0.526. The van der Waals surface area contributed by atoms with Crippen LogP contribution in [0, 0.1) is 5.92 Å². The topological polar surface area (TPSA) is 140 Å². The SMILES string of the molecule is Nc1ncnc2c1ncn2[C@@H]1CO[C@H](CO)[C@@H](O)[C@@H]1CO. The van der Waals surface area contributed by atoms with Crippen LogP contribution in [0.15, 0.2) is 12.7 Å². The summed E-state index contributed by atoms with van der Waals surface area (Å²) < 4.78 is 7.17. The minimum atomic E-state index is -0.976. The van der Waals surface area contributed by atoms with Gasteiger partial charge in [-0.25, -0.2) is 15.0 Å². The normalized spacial score (nSPS) is 29.9. The third-order valence-electron chi connectivity index (χ3n) is 3.93. The molecule has 114 valence electrons. The Bertz CT molecular complexity index is 633.